The van der Waals surface area contributed by atoms with Gasteiger partial charge in [-0.05, 0) is 6.42 Å². The Morgan fingerprint density at radius 2 is 1.92 bits per heavy atom. The highest BCUT2D eigenvalue weighted by Crippen LogP contribution is 2.10. The summed E-state index contributed by atoms with van der Waals surface area (Å²) in [7, 11) is 0. The molecule has 0 fully saturated rings. The second-order valence-electron chi connectivity index (χ2n) is 3.12. The van der Waals surface area contributed by atoms with Crippen molar-refractivity contribution < 1.29 is 14.6 Å². The Labute approximate surface area is 73.4 Å². The third-order valence-corrected chi connectivity index (χ3v) is 1.94. The lowest BCUT2D eigenvalue weighted by molar-refractivity contribution is 0.0242. The minimum absolute atomic E-state index is 0.363. The van der Waals surface area contributed by atoms with E-state index < -0.39 is 18.9 Å². The molecule has 0 spiro atoms. The van der Waals surface area contributed by atoms with E-state index in [2.05, 4.69) is 6.92 Å². The van der Waals surface area contributed by atoms with Gasteiger partial charge in [-0.2, -0.15) is 0 Å². The van der Waals surface area contributed by atoms with Gasteiger partial charge in [-0.1, -0.05) is 32.6 Å². The van der Waals surface area contributed by atoms with Crippen LogP contribution in [0.25, 0.3) is 0 Å². The van der Waals surface area contributed by atoms with Crippen LogP contribution in [-0.4, -0.2) is 29.1 Å². The number of hydrogen-bond acceptors (Lipinski definition) is 2. The van der Waals surface area contributed by atoms with E-state index in [0.29, 0.717) is 6.42 Å². The molecule has 0 unspecified atom stereocenters. The third kappa shape index (κ3) is 5.49. The van der Waals surface area contributed by atoms with E-state index in [1.54, 1.807) is 0 Å². The highest BCUT2D eigenvalue weighted by Gasteiger charge is 2.15. The first-order chi connectivity index (χ1) is 5.72. The molecule has 0 aliphatic carbocycles. The molecular weight excluding hydrogens is 159 g/mol. The molecule has 0 radical (unpaired) electrons. The lowest BCUT2D eigenvalue weighted by atomic mass is 10.1. The van der Waals surface area contributed by atoms with Crippen LogP contribution in [0, 0.1) is 0 Å². The number of alkyl halides is 1. The molecule has 3 heteroatoms. The zero-order chi connectivity index (χ0) is 9.40. The predicted molar refractivity (Wildman–Crippen MR) is 46.7 cm³/mol. The second-order valence-corrected chi connectivity index (χ2v) is 3.12. The molecule has 12 heavy (non-hydrogen) atoms. The number of unbranched alkanes of at least 4 members (excludes halogenated alkanes) is 3. The summed E-state index contributed by atoms with van der Waals surface area (Å²) in [5, 5.41) is 17.3. The molecule has 0 aromatic carbocycles. The zero-order valence-corrected chi connectivity index (χ0v) is 7.67. The number of rotatable bonds is 7. The quantitative estimate of drug-likeness (QED) is 0.582. The van der Waals surface area contributed by atoms with Crippen molar-refractivity contribution in [3.8, 4) is 0 Å². The van der Waals surface area contributed by atoms with Crippen molar-refractivity contribution in [3.63, 3.8) is 0 Å². The van der Waals surface area contributed by atoms with Crippen molar-refractivity contribution in [1.82, 2.24) is 0 Å². The standard InChI is InChI=1S/C9H19FO2/c1-2-3-4-5-6-8(10)9(12)7-11/h8-9,11-12H,2-7H2,1H3/t8-,9+/m0/s1. The topological polar surface area (TPSA) is 40.5 Å². The normalized spacial score (nSPS) is 16.0. The monoisotopic (exact) mass is 178 g/mol. The van der Waals surface area contributed by atoms with Gasteiger partial charge in [0.05, 0.1) is 6.61 Å². The lowest BCUT2D eigenvalue weighted by Crippen LogP contribution is -2.25. The van der Waals surface area contributed by atoms with Crippen LogP contribution in [-0.2, 0) is 0 Å². The van der Waals surface area contributed by atoms with Crippen molar-refractivity contribution in [3.05, 3.63) is 0 Å². The average molecular weight is 178 g/mol. The zero-order valence-electron chi connectivity index (χ0n) is 7.67. The Kier molecular flexibility index (Phi) is 7.40. The molecule has 2 N–H and O–H groups in total. The van der Waals surface area contributed by atoms with Gasteiger partial charge in [-0.25, -0.2) is 4.39 Å². The molecule has 0 aliphatic rings. The average Bonchev–Trinajstić information content (AvgIpc) is 2.10. The van der Waals surface area contributed by atoms with Crippen LogP contribution in [0.5, 0.6) is 0 Å². The Bertz CT molecular complexity index is 98.5. The van der Waals surface area contributed by atoms with Gasteiger partial charge in [0, 0.05) is 0 Å². The Morgan fingerprint density at radius 1 is 1.25 bits per heavy atom. The van der Waals surface area contributed by atoms with Gasteiger partial charge >= 0.3 is 0 Å². The fraction of sp³-hybridized carbons (Fsp3) is 1.00. The molecule has 2 atom stereocenters. The summed E-state index contributed by atoms with van der Waals surface area (Å²) in [6, 6.07) is 0. The summed E-state index contributed by atoms with van der Waals surface area (Å²) >= 11 is 0. The number of hydrogen-bond donors (Lipinski definition) is 2. The first-order valence-corrected chi connectivity index (χ1v) is 4.65. The maximum absolute atomic E-state index is 12.8. The number of aliphatic hydroxyl groups excluding tert-OH is 2. The lowest BCUT2D eigenvalue weighted by Gasteiger charge is -2.12. The molecule has 0 bridgehead atoms. The second kappa shape index (κ2) is 7.50. The van der Waals surface area contributed by atoms with Gasteiger partial charge in [0.1, 0.15) is 12.3 Å². The van der Waals surface area contributed by atoms with Crippen LogP contribution in [0.2, 0.25) is 0 Å². The first kappa shape index (κ1) is 11.8. The summed E-state index contributed by atoms with van der Waals surface area (Å²) in [4.78, 5) is 0. The van der Waals surface area contributed by atoms with Gasteiger partial charge in [0.25, 0.3) is 0 Å². The molecule has 0 amide bonds. The predicted octanol–water partition coefficient (Wildman–Crippen LogP) is 1.65. The van der Waals surface area contributed by atoms with E-state index in [-0.39, 0.29) is 0 Å². The van der Waals surface area contributed by atoms with E-state index in [1.807, 2.05) is 0 Å². The Balaban J connectivity index is 3.24. The van der Waals surface area contributed by atoms with Gasteiger partial charge < -0.3 is 10.2 Å². The molecule has 0 heterocycles. The van der Waals surface area contributed by atoms with Crippen LogP contribution in [0.4, 0.5) is 4.39 Å². The van der Waals surface area contributed by atoms with E-state index in [0.717, 1.165) is 25.7 Å². The Hall–Kier alpha value is -0.150. The molecule has 0 aromatic rings. The summed E-state index contributed by atoms with van der Waals surface area (Å²) < 4.78 is 12.8. The summed E-state index contributed by atoms with van der Waals surface area (Å²) in [6.45, 7) is 1.62. The summed E-state index contributed by atoms with van der Waals surface area (Å²) in [5.41, 5.74) is 0. The molecular formula is C9H19FO2. The van der Waals surface area contributed by atoms with Crippen molar-refractivity contribution >= 4 is 0 Å². The Morgan fingerprint density at radius 3 is 2.42 bits per heavy atom. The van der Waals surface area contributed by atoms with E-state index in [1.165, 1.54) is 0 Å². The molecule has 74 valence electrons. The first-order valence-electron chi connectivity index (χ1n) is 4.65. The van der Waals surface area contributed by atoms with Gasteiger partial charge in [-0.3, -0.25) is 0 Å². The number of halogens is 1. The molecule has 0 saturated heterocycles. The minimum atomic E-state index is -1.26. The van der Waals surface area contributed by atoms with Gasteiger partial charge in [0.2, 0.25) is 0 Å². The van der Waals surface area contributed by atoms with Crippen LogP contribution >= 0.6 is 0 Å². The fourth-order valence-corrected chi connectivity index (χ4v) is 1.07. The van der Waals surface area contributed by atoms with E-state index >= 15 is 0 Å². The molecule has 0 saturated carbocycles. The van der Waals surface area contributed by atoms with Crippen molar-refractivity contribution in [2.45, 2.75) is 51.3 Å². The maximum Gasteiger partial charge on any atom is 0.128 e. The van der Waals surface area contributed by atoms with Crippen LogP contribution in [0.1, 0.15) is 39.0 Å². The third-order valence-electron chi connectivity index (χ3n) is 1.94. The number of aliphatic hydroxyl groups is 2. The van der Waals surface area contributed by atoms with Crippen LogP contribution < -0.4 is 0 Å². The SMILES string of the molecule is CCCCCC[C@H](F)[C@H](O)CO. The highest BCUT2D eigenvalue weighted by atomic mass is 19.1. The highest BCUT2D eigenvalue weighted by molar-refractivity contribution is 4.65. The van der Waals surface area contributed by atoms with Crippen LogP contribution in [0.15, 0.2) is 0 Å². The maximum atomic E-state index is 12.8. The largest absolute Gasteiger partial charge is 0.394 e. The van der Waals surface area contributed by atoms with E-state index in [9.17, 15) is 4.39 Å². The smallest absolute Gasteiger partial charge is 0.128 e. The van der Waals surface area contributed by atoms with Gasteiger partial charge in [0.15, 0.2) is 0 Å². The van der Waals surface area contributed by atoms with Crippen LogP contribution in [0.3, 0.4) is 0 Å². The van der Waals surface area contributed by atoms with E-state index in [4.69, 9.17) is 10.2 Å². The summed E-state index contributed by atoms with van der Waals surface area (Å²) in [5.74, 6) is 0. The molecule has 0 rings (SSSR count). The van der Waals surface area contributed by atoms with Crippen molar-refractivity contribution in [1.29, 1.82) is 0 Å². The van der Waals surface area contributed by atoms with Gasteiger partial charge in [-0.15, -0.1) is 0 Å². The molecule has 0 aromatic heterocycles. The minimum Gasteiger partial charge on any atom is -0.394 e. The van der Waals surface area contributed by atoms with Crippen molar-refractivity contribution in [2.75, 3.05) is 6.61 Å². The summed E-state index contributed by atoms with van der Waals surface area (Å²) in [6.07, 6.45) is 1.96. The molecule has 0 aliphatic heterocycles. The molecule has 2 nitrogen and oxygen atoms in total. The van der Waals surface area contributed by atoms with Crippen molar-refractivity contribution in [2.24, 2.45) is 0 Å². The fourth-order valence-electron chi connectivity index (χ4n) is 1.07.